The van der Waals surface area contributed by atoms with Crippen LogP contribution in [0.25, 0.3) is 0 Å². The number of aliphatic hydroxyl groups is 1. The molecule has 1 rings (SSSR count). The third kappa shape index (κ3) is 5.72. The number of anilines is 1. The maximum atomic E-state index is 11.9. The van der Waals surface area contributed by atoms with E-state index in [0.717, 1.165) is 24.1 Å². The summed E-state index contributed by atoms with van der Waals surface area (Å²) in [5.74, 6) is 1.09. The molecule has 0 bridgehead atoms. The van der Waals surface area contributed by atoms with Gasteiger partial charge in [-0.05, 0) is 48.9 Å². The van der Waals surface area contributed by atoms with Crippen molar-refractivity contribution in [2.75, 3.05) is 11.9 Å². The second-order valence-electron chi connectivity index (χ2n) is 5.52. The van der Waals surface area contributed by atoms with E-state index < -0.39 is 0 Å². The molecule has 1 aromatic rings. The molecule has 0 saturated carbocycles. The highest BCUT2D eigenvalue weighted by atomic mass is 16.3. The third-order valence-electron chi connectivity index (χ3n) is 3.64. The number of carbonyl (C=O) groups excluding carboxylic acids is 1. The summed E-state index contributed by atoms with van der Waals surface area (Å²) in [6, 6.07) is 7.23. The molecule has 4 N–H and O–H groups in total. The molecule has 0 fully saturated rings. The van der Waals surface area contributed by atoms with E-state index in [-0.39, 0.29) is 12.5 Å². The largest absolute Gasteiger partial charge is 0.392 e. The third-order valence-corrected chi connectivity index (χ3v) is 3.64. The smallest absolute Gasteiger partial charge is 0.224 e. The average molecular weight is 278 g/mol. The Morgan fingerprint density at radius 2 is 1.90 bits per heavy atom. The maximum Gasteiger partial charge on any atom is 0.224 e. The summed E-state index contributed by atoms with van der Waals surface area (Å²) in [7, 11) is 0. The molecule has 0 spiro atoms. The molecule has 0 aromatic heterocycles. The second kappa shape index (κ2) is 8.72. The van der Waals surface area contributed by atoms with Crippen molar-refractivity contribution in [2.24, 2.45) is 17.6 Å². The number of amides is 1. The molecule has 4 nitrogen and oxygen atoms in total. The normalized spacial score (nSPS) is 12.4. The fraction of sp³-hybridized carbons (Fsp3) is 0.562. The number of rotatable bonds is 8. The van der Waals surface area contributed by atoms with Crippen LogP contribution in [0.2, 0.25) is 0 Å². The van der Waals surface area contributed by atoms with Crippen molar-refractivity contribution >= 4 is 11.6 Å². The zero-order valence-electron chi connectivity index (χ0n) is 12.4. The van der Waals surface area contributed by atoms with Crippen LogP contribution in [0.1, 0.15) is 38.7 Å². The van der Waals surface area contributed by atoms with Crippen LogP contribution in [0.15, 0.2) is 24.3 Å². The number of benzene rings is 1. The Balaban J connectivity index is 2.42. The van der Waals surface area contributed by atoms with Crippen molar-refractivity contribution in [1.82, 2.24) is 0 Å². The standard InChI is InChI=1S/C16H26N2O2/c1-12(2)14(9-10-17)5-8-16(20)18-15-6-3-13(11-19)4-7-15/h3-4,6-7,12,14,19H,5,8-11,17H2,1-2H3,(H,18,20). The minimum Gasteiger partial charge on any atom is -0.392 e. The van der Waals surface area contributed by atoms with Crippen molar-refractivity contribution in [3.63, 3.8) is 0 Å². The quantitative estimate of drug-likeness (QED) is 0.684. The molecule has 1 unspecified atom stereocenters. The molecule has 0 saturated heterocycles. The molecule has 1 aromatic carbocycles. The van der Waals surface area contributed by atoms with E-state index in [2.05, 4.69) is 19.2 Å². The fourth-order valence-electron chi connectivity index (χ4n) is 2.26. The molecule has 0 aliphatic rings. The number of nitrogens with one attached hydrogen (secondary N) is 1. The summed E-state index contributed by atoms with van der Waals surface area (Å²) < 4.78 is 0. The molecule has 1 atom stereocenters. The highest BCUT2D eigenvalue weighted by molar-refractivity contribution is 5.90. The van der Waals surface area contributed by atoms with Crippen LogP contribution in [-0.2, 0) is 11.4 Å². The van der Waals surface area contributed by atoms with Crippen molar-refractivity contribution in [3.05, 3.63) is 29.8 Å². The topological polar surface area (TPSA) is 75.4 Å². The summed E-state index contributed by atoms with van der Waals surface area (Å²) in [6.07, 6.45) is 2.36. The van der Waals surface area contributed by atoms with Gasteiger partial charge in [0.2, 0.25) is 5.91 Å². The lowest BCUT2D eigenvalue weighted by molar-refractivity contribution is -0.116. The van der Waals surface area contributed by atoms with Gasteiger partial charge in [0.1, 0.15) is 0 Å². The van der Waals surface area contributed by atoms with E-state index in [1.165, 1.54) is 0 Å². The number of hydrogen-bond donors (Lipinski definition) is 3. The van der Waals surface area contributed by atoms with Gasteiger partial charge in [-0.1, -0.05) is 26.0 Å². The van der Waals surface area contributed by atoms with Crippen LogP contribution in [0, 0.1) is 11.8 Å². The Hall–Kier alpha value is -1.39. The van der Waals surface area contributed by atoms with Crippen LogP contribution < -0.4 is 11.1 Å². The number of hydrogen-bond acceptors (Lipinski definition) is 3. The molecule has 0 aliphatic heterocycles. The predicted octanol–water partition coefficient (Wildman–Crippen LogP) is 2.52. The van der Waals surface area contributed by atoms with E-state index in [0.29, 0.717) is 24.8 Å². The van der Waals surface area contributed by atoms with E-state index in [1.807, 2.05) is 12.1 Å². The lowest BCUT2D eigenvalue weighted by atomic mass is 9.88. The molecule has 0 aliphatic carbocycles. The van der Waals surface area contributed by atoms with E-state index in [1.54, 1.807) is 12.1 Å². The zero-order chi connectivity index (χ0) is 15.0. The Bertz CT molecular complexity index is 401. The minimum atomic E-state index is 0.0172. The van der Waals surface area contributed by atoms with Gasteiger partial charge in [-0.3, -0.25) is 4.79 Å². The van der Waals surface area contributed by atoms with Crippen LogP contribution in [0.4, 0.5) is 5.69 Å². The Morgan fingerprint density at radius 3 is 2.40 bits per heavy atom. The van der Waals surface area contributed by atoms with E-state index >= 15 is 0 Å². The summed E-state index contributed by atoms with van der Waals surface area (Å²) in [5, 5.41) is 11.8. The number of nitrogens with two attached hydrogens (primary N) is 1. The molecule has 0 heterocycles. The van der Waals surface area contributed by atoms with Gasteiger partial charge in [0.25, 0.3) is 0 Å². The minimum absolute atomic E-state index is 0.0172. The molecule has 0 radical (unpaired) electrons. The Labute approximate surface area is 121 Å². The molecule has 20 heavy (non-hydrogen) atoms. The molecule has 1 amide bonds. The first kappa shape index (κ1) is 16.7. The SMILES string of the molecule is CC(C)C(CCN)CCC(=O)Nc1ccc(CO)cc1. The first-order valence-corrected chi connectivity index (χ1v) is 7.26. The van der Waals surface area contributed by atoms with Gasteiger partial charge >= 0.3 is 0 Å². The summed E-state index contributed by atoms with van der Waals surface area (Å²) in [5.41, 5.74) is 7.21. The van der Waals surface area contributed by atoms with Crippen molar-refractivity contribution < 1.29 is 9.90 Å². The van der Waals surface area contributed by atoms with Gasteiger partial charge in [0, 0.05) is 12.1 Å². The van der Waals surface area contributed by atoms with Crippen LogP contribution in [0.3, 0.4) is 0 Å². The summed E-state index contributed by atoms with van der Waals surface area (Å²) in [4.78, 5) is 11.9. The monoisotopic (exact) mass is 278 g/mol. The molecular formula is C16H26N2O2. The number of aliphatic hydroxyl groups excluding tert-OH is 1. The summed E-state index contributed by atoms with van der Waals surface area (Å²) in [6.45, 7) is 5.04. The maximum absolute atomic E-state index is 11.9. The highest BCUT2D eigenvalue weighted by Crippen LogP contribution is 2.20. The van der Waals surface area contributed by atoms with Gasteiger partial charge in [-0.15, -0.1) is 0 Å². The van der Waals surface area contributed by atoms with Gasteiger partial charge in [0.05, 0.1) is 6.61 Å². The Morgan fingerprint density at radius 1 is 1.25 bits per heavy atom. The second-order valence-corrected chi connectivity index (χ2v) is 5.52. The first-order valence-electron chi connectivity index (χ1n) is 7.26. The van der Waals surface area contributed by atoms with Gasteiger partial charge < -0.3 is 16.2 Å². The zero-order valence-corrected chi connectivity index (χ0v) is 12.4. The molecule has 4 heteroatoms. The van der Waals surface area contributed by atoms with Crippen LogP contribution in [-0.4, -0.2) is 17.6 Å². The first-order chi connectivity index (χ1) is 9.56. The highest BCUT2D eigenvalue weighted by Gasteiger charge is 2.14. The Kier molecular flexibility index (Phi) is 7.26. The molecule has 112 valence electrons. The molecular weight excluding hydrogens is 252 g/mol. The van der Waals surface area contributed by atoms with Crippen molar-refractivity contribution in [3.8, 4) is 0 Å². The van der Waals surface area contributed by atoms with Crippen LogP contribution >= 0.6 is 0 Å². The lowest BCUT2D eigenvalue weighted by Crippen LogP contribution is -2.18. The van der Waals surface area contributed by atoms with Gasteiger partial charge in [-0.25, -0.2) is 0 Å². The number of carbonyl (C=O) groups is 1. The van der Waals surface area contributed by atoms with Crippen LogP contribution in [0.5, 0.6) is 0 Å². The average Bonchev–Trinajstić information content (AvgIpc) is 2.44. The van der Waals surface area contributed by atoms with Crippen molar-refractivity contribution in [2.45, 2.75) is 39.7 Å². The fourth-order valence-corrected chi connectivity index (χ4v) is 2.26. The van der Waals surface area contributed by atoms with Gasteiger partial charge in [0.15, 0.2) is 0 Å². The van der Waals surface area contributed by atoms with Crippen molar-refractivity contribution in [1.29, 1.82) is 0 Å². The lowest BCUT2D eigenvalue weighted by Gasteiger charge is -2.19. The summed E-state index contributed by atoms with van der Waals surface area (Å²) >= 11 is 0. The van der Waals surface area contributed by atoms with E-state index in [4.69, 9.17) is 10.8 Å². The van der Waals surface area contributed by atoms with E-state index in [9.17, 15) is 4.79 Å². The van der Waals surface area contributed by atoms with Gasteiger partial charge in [-0.2, -0.15) is 0 Å². The predicted molar refractivity (Wildman–Crippen MR) is 82.2 cm³/mol.